The number of nitrogens with zero attached hydrogens (tertiary/aromatic N) is 1. The van der Waals surface area contributed by atoms with Gasteiger partial charge in [0.15, 0.2) is 0 Å². The molecule has 2 fully saturated rings. The van der Waals surface area contributed by atoms with E-state index < -0.39 is 10.0 Å². The second-order valence-electron chi connectivity index (χ2n) is 5.16. The molecule has 0 bridgehead atoms. The summed E-state index contributed by atoms with van der Waals surface area (Å²) in [4.78, 5) is 0. The van der Waals surface area contributed by atoms with Gasteiger partial charge in [0, 0.05) is 25.7 Å². The molecule has 17 heavy (non-hydrogen) atoms. The lowest BCUT2D eigenvalue weighted by Gasteiger charge is -2.32. The topological polar surface area (TPSA) is 58.6 Å². The summed E-state index contributed by atoms with van der Waals surface area (Å²) < 4.78 is 31.4. The highest BCUT2D eigenvalue weighted by molar-refractivity contribution is 7.90. The molecule has 0 aromatic rings. The van der Waals surface area contributed by atoms with Gasteiger partial charge in [-0.2, -0.15) is 4.31 Å². The van der Waals surface area contributed by atoms with E-state index in [4.69, 9.17) is 4.74 Å². The third-order valence-electron chi connectivity index (χ3n) is 3.16. The van der Waals surface area contributed by atoms with E-state index in [1.807, 2.05) is 0 Å². The third-order valence-corrected chi connectivity index (χ3v) is 5.53. The Labute approximate surface area is 104 Å². The van der Waals surface area contributed by atoms with Crippen LogP contribution >= 0.6 is 0 Å². The molecule has 0 radical (unpaired) electrons. The number of sulfonamides is 1. The molecule has 1 aliphatic carbocycles. The van der Waals surface area contributed by atoms with Crippen LogP contribution in [0.25, 0.3) is 0 Å². The minimum atomic E-state index is -3.03. The molecule has 0 spiro atoms. The van der Waals surface area contributed by atoms with Crippen LogP contribution in [0.1, 0.15) is 26.7 Å². The Kier molecular flexibility index (Phi) is 4.07. The molecule has 100 valence electrons. The van der Waals surface area contributed by atoms with Gasteiger partial charge in [0.2, 0.25) is 10.0 Å². The fourth-order valence-electron chi connectivity index (χ4n) is 1.99. The van der Waals surface area contributed by atoms with Crippen molar-refractivity contribution in [2.45, 2.75) is 44.1 Å². The normalized spacial score (nSPS) is 27.6. The Morgan fingerprint density at radius 1 is 1.41 bits per heavy atom. The molecular weight excluding hydrogens is 240 g/mol. The second kappa shape index (κ2) is 5.22. The van der Waals surface area contributed by atoms with Gasteiger partial charge >= 0.3 is 0 Å². The smallest absolute Gasteiger partial charge is 0.217 e. The molecular formula is C11H22N2O3S. The van der Waals surface area contributed by atoms with Gasteiger partial charge in [-0.3, -0.25) is 0 Å². The maximum absolute atomic E-state index is 12.1. The van der Waals surface area contributed by atoms with Gasteiger partial charge in [-0.25, -0.2) is 8.42 Å². The predicted octanol–water partition coefficient (Wildman–Crippen LogP) is 0.177. The zero-order valence-electron chi connectivity index (χ0n) is 10.6. The average Bonchev–Trinajstić information content (AvgIpc) is 3.11. The second-order valence-corrected chi connectivity index (χ2v) is 7.37. The predicted molar refractivity (Wildman–Crippen MR) is 66.4 cm³/mol. The van der Waals surface area contributed by atoms with Crippen LogP contribution in [0.15, 0.2) is 0 Å². The molecule has 1 heterocycles. The average molecular weight is 262 g/mol. The molecule has 1 saturated carbocycles. The summed E-state index contributed by atoms with van der Waals surface area (Å²) in [6.45, 7) is 6.38. The fourth-order valence-corrected chi connectivity index (χ4v) is 3.85. The number of rotatable bonds is 5. The van der Waals surface area contributed by atoms with Crippen LogP contribution in [0.2, 0.25) is 0 Å². The van der Waals surface area contributed by atoms with E-state index >= 15 is 0 Å². The van der Waals surface area contributed by atoms with E-state index in [1.54, 1.807) is 4.31 Å². The molecule has 2 rings (SSSR count). The number of nitrogens with one attached hydrogen (secondary N) is 1. The van der Waals surface area contributed by atoms with E-state index in [-0.39, 0.29) is 11.4 Å². The molecule has 0 aromatic heterocycles. The molecule has 5 nitrogen and oxygen atoms in total. The molecule has 1 aliphatic heterocycles. The number of hydrogen-bond acceptors (Lipinski definition) is 4. The van der Waals surface area contributed by atoms with Crippen molar-refractivity contribution in [3.63, 3.8) is 0 Å². The van der Waals surface area contributed by atoms with Gasteiger partial charge < -0.3 is 10.1 Å². The summed E-state index contributed by atoms with van der Waals surface area (Å²) in [5.74, 6) is 0. The third kappa shape index (κ3) is 3.40. The van der Waals surface area contributed by atoms with Crippen molar-refractivity contribution < 1.29 is 13.2 Å². The Balaban J connectivity index is 1.88. The van der Waals surface area contributed by atoms with Crippen LogP contribution in [0, 0.1) is 0 Å². The van der Waals surface area contributed by atoms with E-state index in [9.17, 15) is 8.42 Å². The van der Waals surface area contributed by atoms with Gasteiger partial charge in [0.05, 0.1) is 18.0 Å². The van der Waals surface area contributed by atoms with Crippen molar-refractivity contribution in [2.24, 2.45) is 0 Å². The van der Waals surface area contributed by atoms with Crippen LogP contribution in [0.5, 0.6) is 0 Å². The summed E-state index contributed by atoms with van der Waals surface area (Å²) in [5, 5.41) is 3.17. The Hall–Kier alpha value is -0.170. The zero-order chi connectivity index (χ0) is 12.5. The highest BCUT2D eigenvalue weighted by Crippen LogP contribution is 2.31. The van der Waals surface area contributed by atoms with Crippen molar-refractivity contribution in [2.75, 3.05) is 26.2 Å². The van der Waals surface area contributed by atoms with Gasteiger partial charge in [0.25, 0.3) is 0 Å². The quantitative estimate of drug-likeness (QED) is 0.768. The monoisotopic (exact) mass is 262 g/mol. The molecule has 0 aromatic carbocycles. The van der Waals surface area contributed by atoms with Crippen molar-refractivity contribution in [1.82, 2.24) is 9.62 Å². The summed E-state index contributed by atoms with van der Waals surface area (Å²) in [5.41, 5.74) is 0. The van der Waals surface area contributed by atoms with Crippen LogP contribution in [-0.2, 0) is 14.8 Å². The number of ether oxygens (including phenoxy) is 1. The van der Waals surface area contributed by atoms with E-state index in [1.165, 1.54) is 0 Å². The van der Waals surface area contributed by atoms with Crippen molar-refractivity contribution in [3.05, 3.63) is 0 Å². The molecule has 2 aliphatic rings. The van der Waals surface area contributed by atoms with Gasteiger partial charge in [-0.1, -0.05) is 13.8 Å². The lowest BCUT2D eigenvalue weighted by atomic mass is 10.3. The molecule has 1 atom stereocenters. The van der Waals surface area contributed by atoms with E-state index in [0.717, 1.165) is 12.8 Å². The number of hydrogen-bond donors (Lipinski definition) is 1. The maximum Gasteiger partial charge on any atom is 0.217 e. The molecule has 1 N–H and O–H groups in total. The SMILES string of the molecule is CC(C)NCC1CN(S(=O)(=O)C2CC2)CCO1. The molecule has 1 unspecified atom stereocenters. The molecule has 1 saturated heterocycles. The lowest BCUT2D eigenvalue weighted by Crippen LogP contribution is -2.50. The minimum absolute atomic E-state index is 0.0142. The first kappa shape index (κ1) is 13.3. The summed E-state index contributed by atoms with van der Waals surface area (Å²) in [6, 6.07) is 0.397. The Morgan fingerprint density at radius 3 is 2.71 bits per heavy atom. The van der Waals surface area contributed by atoms with E-state index in [2.05, 4.69) is 19.2 Å². The van der Waals surface area contributed by atoms with Crippen molar-refractivity contribution in [3.8, 4) is 0 Å². The largest absolute Gasteiger partial charge is 0.374 e. The van der Waals surface area contributed by atoms with Crippen molar-refractivity contribution in [1.29, 1.82) is 0 Å². The first-order valence-electron chi connectivity index (χ1n) is 6.34. The summed E-state index contributed by atoms with van der Waals surface area (Å²) in [6.07, 6.45) is 1.64. The first-order valence-corrected chi connectivity index (χ1v) is 7.84. The summed E-state index contributed by atoms with van der Waals surface area (Å²) in [7, 11) is -3.03. The highest BCUT2D eigenvalue weighted by Gasteiger charge is 2.41. The maximum atomic E-state index is 12.1. The van der Waals surface area contributed by atoms with Gasteiger partial charge in [0.1, 0.15) is 0 Å². The minimum Gasteiger partial charge on any atom is -0.374 e. The van der Waals surface area contributed by atoms with Gasteiger partial charge in [-0.15, -0.1) is 0 Å². The molecule has 0 amide bonds. The molecule has 6 heteroatoms. The van der Waals surface area contributed by atoms with Crippen LogP contribution < -0.4 is 5.32 Å². The van der Waals surface area contributed by atoms with Crippen LogP contribution in [0.3, 0.4) is 0 Å². The summed E-state index contributed by atoms with van der Waals surface area (Å²) >= 11 is 0. The fraction of sp³-hybridized carbons (Fsp3) is 1.00. The first-order chi connectivity index (χ1) is 8.00. The Morgan fingerprint density at radius 2 is 2.12 bits per heavy atom. The standard InChI is InChI=1S/C11H22N2O3S/c1-9(2)12-7-10-8-13(5-6-16-10)17(14,15)11-3-4-11/h9-12H,3-8H2,1-2H3. The van der Waals surface area contributed by atoms with E-state index in [0.29, 0.717) is 32.3 Å². The lowest BCUT2D eigenvalue weighted by molar-refractivity contribution is -0.00107. The highest BCUT2D eigenvalue weighted by atomic mass is 32.2. The van der Waals surface area contributed by atoms with Crippen LogP contribution in [0.4, 0.5) is 0 Å². The Bertz CT molecular complexity index is 352. The number of morpholine rings is 1. The van der Waals surface area contributed by atoms with Crippen LogP contribution in [-0.4, -0.2) is 56.4 Å². The van der Waals surface area contributed by atoms with Gasteiger partial charge in [-0.05, 0) is 12.8 Å². The zero-order valence-corrected chi connectivity index (χ0v) is 11.4. The van der Waals surface area contributed by atoms with Crippen molar-refractivity contribution >= 4 is 10.0 Å².